The van der Waals surface area contributed by atoms with Crippen molar-refractivity contribution >= 4 is 38.0 Å². The van der Waals surface area contributed by atoms with Crippen molar-refractivity contribution in [1.82, 2.24) is 4.98 Å². The predicted octanol–water partition coefficient (Wildman–Crippen LogP) is 2.84. The average Bonchev–Trinajstić information content (AvgIpc) is 2.82. The molecule has 0 atom stereocenters. The summed E-state index contributed by atoms with van der Waals surface area (Å²) in [6, 6.07) is 18.8. The standard InChI is InChI=1S/C25H24N4O4S.Na/c1-16(2)15-33-23-10-6-5-9-20(23)21-12-11-17(14-27-21)28-29-22-13-24(34(30,31)32)18-7-3-4-8-19(18)25(22)26;/h3-14,16H,15,26H2,1-2H3,(H,30,31,32);/q;+1/p-1. The molecule has 4 aromatic rings. The molecule has 0 fully saturated rings. The first-order valence-corrected chi connectivity index (χ1v) is 12.0. The second-order valence-corrected chi connectivity index (χ2v) is 9.46. The Morgan fingerprint density at radius 2 is 1.69 bits per heavy atom. The zero-order chi connectivity index (χ0) is 24.3. The van der Waals surface area contributed by atoms with E-state index in [4.69, 9.17) is 10.5 Å². The summed E-state index contributed by atoms with van der Waals surface area (Å²) in [5, 5.41) is 8.90. The molecule has 10 heteroatoms. The molecule has 0 amide bonds. The number of fused-ring (bicyclic) bond motifs is 1. The molecule has 0 aliphatic rings. The van der Waals surface area contributed by atoms with E-state index in [-0.39, 0.29) is 46.3 Å². The van der Waals surface area contributed by atoms with Crippen LogP contribution in [0.15, 0.2) is 88.1 Å². The van der Waals surface area contributed by atoms with Crippen LogP contribution in [0.25, 0.3) is 22.0 Å². The normalized spacial score (nSPS) is 11.7. The van der Waals surface area contributed by atoms with Crippen LogP contribution in [0.5, 0.6) is 5.75 Å². The molecule has 8 nitrogen and oxygen atoms in total. The van der Waals surface area contributed by atoms with Gasteiger partial charge in [-0.25, -0.2) is 8.42 Å². The smallest absolute Gasteiger partial charge is 0.744 e. The molecular weight excluding hydrogens is 475 g/mol. The Hall–Kier alpha value is -2.82. The van der Waals surface area contributed by atoms with Crippen LogP contribution in [0.2, 0.25) is 0 Å². The van der Waals surface area contributed by atoms with E-state index in [1.165, 1.54) is 6.07 Å². The van der Waals surface area contributed by atoms with Gasteiger partial charge in [0.15, 0.2) is 0 Å². The number of rotatable bonds is 7. The van der Waals surface area contributed by atoms with E-state index in [2.05, 4.69) is 29.1 Å². The Balaban J connectivity index is 0.00000342. The van der Waals surface area contributed by atoms with Crippen molar-refractivity contribution in [2.45, 2.75) is 18.7 Å². The summed E-state index contributed by atoms with van der Waals surface area (Å²) in [5.41, 5.74) is 8.50. The largest absolute Gasteiger partial charge is 1.00 e. The molecule has 1 aromatic heterocycles. The second kappa shape index (κ2) is 11.3. The molecule has 3 aromatic carbocycles. The van der Waals surface area contributed by atoms with Crippen LogP contribution in [0, 0.1) is 5.92 Å². The third-order valence-electron chi connectivity index (χ3n) is 5.05. The maximum atomic E-state index is 11.8. The molecule has 0 aliphatic heterocycles. The summed E-state index contributed by atoms with van der Waals surface area (Å²) >= 11 is 0. The van der Waals surface area contributed by atoms with Gasteiger partial charge < -0.3 is 15.0 Å². The van der Waals surface area contributed by atoms with Crippen molar-refractivity contribution in [1.29, 1.82) is 0 Å². The Morgan fingerprint density at radius 3 is 2.34 bits per heavy atom. The van der Waals surface area contributed by atoms with Crippen molar-refractivity contribution in [2.75, 3.05) is 12.3 Å². The molecule has 0 aliphatic carbocycles. The van der Waals surface area contributed by atoms with Crippen LogP contribution < -0.4 is 40.0 Å². The predicted molar refractivity (Wildman–Crippen MR) is 131 cm³/mol. The van der Waals surface area contributed by atoms with Crippen LogP contribution in [0.3, 0.4) is 0 Å². The summed E-state index contributed by atoms with van der Waals surface area (Å²) < 4.78 is 41.2. The fourth-order valence-corrected chi connectivity index (χ4v) is 4.12. The van der Waals surface area contributed by atoms with Gasteiger partial charge in [-0.2, -0.15) is 0 Å². The average molecular weight is 499 g/mol. The van der Waals surface area contributed by atoms with Crippen LogP contribution in [-0.4, -0.2) is 24.6 Å². The minimum Gasteiger partial charge on any atom is -0.744 e. The van der Waals surface area contributed by atoms with Crippen LogP contribution in [0.4, 0.5) is 17.1 Å². The number of hydrogen-bond donors (Lipinski definition) is 1. The topological polar surface area (TPSA) is 130 Å². The van der Waals surface area contributed by atoms with Crippen LogP contribution in [0.1, 0.15) is 13.8 Å². The Kier molecular flexibility index (Phi) is 8.63. The number of nitrogens with two attached hydrogens (primary N) is 1. The molecule has 0 radical (unpaired) electrons. The SMILES string of the molecule is CC(C)COc1ccccc1-c1ccc(N=Nc2cc(S(=O)(=O)[O-])c3ccccc3c2N)cn1.[Na+]. The number of ether oxygens (including phenoxy) is 1. The van der Waals surface area contributed by atoms with E-state index >= 15 is 0 Å². The summed E-state index contributed by atoms with van der Waals surface area (Å²) in [5.74, 6) is 1.14. The third-order valence-corrected chi connectivity index (χ3v) is 5.93. The number of aromatic nitrogens is 1. The van der Waals surface area contributed by atoms with Gasteiger partial charge in [-0.1, -0.05) is 50.2 Å². The Labute approximate surface area is 226 Å². The van der Waals surface area contributed by atoms with E-state index in [0.29, 0.717) is 29.3 Å². The molecule has 0 bridgehead atoms. The van der Waals surface area contributed by atoms with Gasteiger partial charge in [0.1, 0.15) is 27.2 Å². The Bertz CT molecular complexity index is 1470. The summed E-state index contributed by atoms with van der Waals surface area (Å²) in [7, 11) is -4.73. The van der Waals surface area contributed by atoms with Crippen molar-refractivity contribution in [3.05, 3.63) is 72.9 Å². The van der Waals surface area contributed by atoms with Gasteiger partial charge in [-0.3, -0.25) is 4.98 Å². The number of para-hydroxylation sites is 1. The van der Waals surface area contributed by atoms with Gasteiger partial charge in [0.2, 0.25) is 0 Å². The zero-order valence-corrected chi connectivity index (χ0v) is 22.5. The van der Waals surface area contributed by atoms with Crippen LogP contribution >= 0.6 is 0 Å². The third kappa shape index (κ3) is 6.25. The van der Waals surface area contributed by atoms with Gasteiger partial charge >= 0.3 is 29.6 Å². The van der Waals surface area contributed by atoms with Gasteiger partial charge in [-0.15, -0.1) is 10.2 Å². The van der Waals surface area contributed by atoms with E-state index in [1.54, 1.807) is 36.5 Å². The van der Waals surface area contributed by atoms with Crippen molar-refractivity contribution in [3.63, 3.8) is 0 Å². The minimum absolute atomic E-state index is 0. The molecule has 0 spiro atoms. The van der Waals surface area contributed by atoms with Crippen molar-refractivity contribution in [2.24, 2.45) is 16.1 Å². The number of nitrogens with zero attached hydrogens (tertiary/aromatic N) is 3. The number of anilines is 1. The number of benzene rings is 3. The molecule has 2 N–H and O–H groups in total. The second-order valence-electron chi connectivity index (χ2n) is 8.11. The van der Waals surface area contributed by atoms with Crippen molar-refractivity contribution < 1.29 is 47.3 Å². The fraction of sp³-hybridized carbons (Fsp3) is 0.160. The van der Waals surface area contributed by atoms with E-state index in [9.17, 15) is 13.0 Å². The van der Waals surface area contributed by atoms with E-state index < -0.39 is 15.0 Å². The molecule has 0 saturated heterocycles. The van der Waals surface area contributed by atoms with Crippen molar-refractivity contribution in [3.8, 4) is 17.0 Å². The molecular formula is C25H23N4NaO4S. The molecule has 174 valence electrons. The summed E-state index contributed by atoms with van der Waals surface area (Å²) in [4.78, 5) is 4.08. The summed E-state index contributed by atoms with van der Waals surface area (Å²) in [6.07, 6.45) is 1.54. The zero-order valence-electron chi connectivity index (χ0n) is 19.7. The molecule has 35 heavy (non-hydrogen) atoms. The van der Waals surface area contributed by atoms with Gasteiger partial charge in [0.25, 0.3) is 0 Å². The first-order valence-electron chi connectivity index (χ1n) is 10.6. The number of nitrogen functional groups attached to an aromatic ring is 1. The molecule has 0 saturated carbocycles. The van der Waals surface area contributed by atoms with E-state index in [0.717, 1.165) is 17.4 Å². The van der Waals surface area contributed by atoms with Gasteiger partial charge in [0, 0.05) is 16.3 Å². The first kappa shape index (κ1) is 26.8. The number of azo groups is 1. The van der Waals surface area contributed by atoms with Gasteiger partial charge in [-0.05, 0) is 36.2 Å². The first-order chi connectivity index (χ1) is 16.2. The quantitative estimate of drug-likeness (QED) is 0.180. The van der Waals surface area contributed by atoms with E-state index in [1.807, 2.05) is 24.3 Å². The number of hydrogen-bond acceptors (Lipinski definition) is 8. The minimum atomic E-state index is -4.73. The maximum absolute atomic E-state index is 11.8. The summed E-state index contributed by atoms with van der Waals surface area (Å²) in [6.45, 7) is 4.76. The van der Waals surface area contributed by atoms with Crippen LogP contribution in [-0.2, 0) is 10.1 Å². The van der Waals surface area contributed by atoms with Gasteiger partial charge in [0.05, 0.1) is 29.1 Å². The molecule has 0 unspecified atom stereocenters. The molecule has 4 rings (SSSR count). The maximum Gasteiger partial charge on any atom is 1.00 e. The number of pyridine rings is 1. The molecule has 1 heterocycles. The Morgan fingerprint density at radius 1 is 1.00 bits per heavy atom. The monoisotopic (exact) mass is 498 g/mol. The fourth-order valence-electron chi connectivity index (χ4n) is 3.42.